The highest BCUT2D eigenvalue weighted by atomic mass is 35.5. The molecular formula is C14H22Cl3N3O2. The van der Waals surface area contributed by atoms with Gasteiger partial charge in [-0.2, -0.15) is 0 Å². The van der Waals surface area contributed by atoms with Gasteiger partial charge in [0, 0.05) is 25.2 Å². The maximum Gasteiger partial charge on any atom is 0.241 e. The number of carbonyl (C=O) groups excluding carboxylic acids is 1. The Morgan fingerprint density at radius 2 is 2.18 bits per heavy atom. The van der Waals surface area contributed by atoms with Gasteiger partial charge in [-0.05, 0) is 25.2 Å². The Labute approximate surface area is 148 Å². The van der Waals surface area contributed by atoms with E-state index in [0.29, 0.717) is 31.3 Å². The van der Waals surface area contributed by atoms with E-state index in [4.69, 9.17) is 16.3 Å². The lowest BCUT2D eigenvalue weighted by Gasteiger charge is -2.32. The van der Waals surface area contributed by atoms with Gasteiger partial charge in [0.05, 0.1) is 18.8 Å². The van der Waals surface area contributed by atoms with Crippen molar-refractivity contribution in [2.45, 2.75) is 0 Å². The SMILES string of the molecule is CNCCN(C)C(=O)CN1CCOc2ccc(Cl)cc21.Cl.Cl. The fourth-order valence-corrected chi connectivity index (χ4v) is 2.26. The van der Waals surface area contributed by atoms with Crippen LogP contribution in [0.15, 0.2) is 18.2 Å². The molecule has 1 aromatic carbocycles. The second kappa shape index (κ2) is 10.0. The molecule has 0 fully saturated rings. The predicted molar refractivity (Wildman–Crippen MR) is 95.2 cm³/mol. The van der Waals surface area contributed by atoms with Gasteiger partial charge in [0.25, 0.3) is 0 Å². The van der Waals surface area contributed by atoms with Crippen LogP contribution in [0.3, 0.4) is 0 Å². The van der Waals surface area contributed by atoms with Gasteiger partial charge in [-0.15, -0.1) is 24.8 Å². The third kappa shape index (κ3) is 5.39. The Kier molecular flexibility index (Phi) is 9.60. The van der Waals surface area contributed by atoms with Crippen LogP contribution in [-0.4, -0.2) is 57.7 Å². The number of benzene rings is 1. The zero-order valence-corrected chi connectivity index (χ0v) is 15.1. The molecule has 0 aliphatic carbocycles. The first-order valence-corrected chi connectivity index (χ1v) is 7.05. The highest BCUT2D eigenvalue weighted by Crippen LogP contribution is 2.33. The van der Waals surface area contributed by atoms with Crippen LogP contribution in [0, 0.1) is 0 Å². The molecule has 0 aromatic heterocycles. The van der Waals surface area contributed by atoms with Crippen LogP contribution in [0.5, 0.6) is 5.75 Å². The number of ether oxygens (including phenoxy) is 1. The number of halogens is 3. The molecule has 0 saturated carbocycles. The van der Waals surface area contributed by atoms with E-state index >= 15 is 0 Å². The minimum absolute atomic E-state index is 0. The van der Waals surface area contributed by atoms with Crippen LogP contribution in [0.2, 0.25) is 5.02 Å². The number of rotatable bonds is 5. The Morgan fingerprint density at radius 3 is 2.86 bits per heavy atom. The molecule has 1 aliphatic heterocycles. The number of likely N-dealkylation sites (N-methyl/N-ethyl adjacent to an activating group) is 2. The summed E-state index contributed by atoms with van der Waals surface area (Å²) in [5.74, 6) is 0.874. The Bertz CT molecular complexity index is 488. The van der Waals surface area contributed by atoms with Gasteiger partial charge in [-0.3, -0.25) is 4.79 Å². The van der Waals surface area contributed by atoms with Crippen molar-refractivity contribution in [3.63, 3.8) is 0 Å². The first kappa shape index (κ1) is 21.1. The quantitative estimate of drug-likeness (QED) is 0.862. The van der Waals surface area contributed by atoms with Gasteiger partial charge in [0.15, 0.2) is 0 Å². The molecule has 0 saturated heterocycles. The van der Waals surface area contributed by atoms with Crippen LogP contribution in [-0.2, 0) is 4.79 Å². The standard InChI is InChI=1S/C14H20ClN3O2.2ClH/c1-16-5-6-17(2)14(19)10-18-7-8-20-13-4-3-11(15)9-12(13)18;;/h3-4,9,16H,5-8,10H2,1-2H3;2*1H. The minimum atomic E-state index is 0. The van der Waals surface area contributed by atoms with E-state index in [1.54, 1.807) is 11.0 Å². The van der Waals surface area contributed by atoms with E-state index in [2.05, 4.69) is 5.32 Å². The molecule has 0 unspecified atom stereocenters. The first-order chi connectivity index (χ1) is 9.61. The number of nitrogens with zero attached hydrogens (tertiary/aromatic N) is 2. The lowest BCUT2D eigenvalue weighted by Crippen LogP contribution is -2.43. The zero-order valence-electron chi connectivity index (χ0n) is 12.7. The summed E-state index contributed by atoms with van der Waals surface area (Å²) in [4.78, 5) is 15.9. The van der Waals surface area contributed by atoms with Crippen molar-refractivity contribution in [1.29, 1.82) is 0 Å². The summed E-state index contributed by atoms with van der Waals surface area (Å²) in [6, 6.07) is 5.49. The second-order valence-corrected chi connectivity index (χ2v) is 5.24. The van der Waals surface area contributed by atoms with E-state index in [-0.39, 0.29) is 30.7 Å². The minimum Gasteiger partial charge on any atom is -0.490 e. The molecule has 126 valence electrons. The lowest BCUT2D eigenvalue weighted by atomic mass is 10.2. The van der Waals surface area contributed by atoms with Crippen LogP contribution in [0.25, 0.3) is 0 Å². The average Bonchev–Trinajstić information content (AvgIpc) is 2.45. The number of anilines is 1. The fourth-order valence-electron chi connectivity index (χ4n) is 2.10. The number of hydrogen-bond donors (Lipinski definition) is 1. The van der Waals surface area contributed by atoms with E-state index in [0.717, 1.165) is 18.0 Å². The monoisotopic (exact) mass is 369 g/mol. The van der Waals surface area contributed by atoms with E-state index in [1.165, 1.54) is 0 Å². The summed E-state index contributed by atoms with van der Waals surface area (Å²) in [6.45, 7) is 3.11. The van der Waals surface area contributed by atoms with Crippen LogP contribution in [0.4, 0.5) is 5.69 Å². The maximum absolute atomic E-state index is 12.2. The maximum atomic E-state index is 12.2. The fraction of sp³-hybridized carbons (Fsp3) is 0.500. The molecule has 1 heterocycles. The second-order valence-electron chi connectivity index (χ2n) is 4.80. The number of nitrogens with one attached hydrogen (secondary N) is 1. The van der Waals surface area contributed by atoms with Crippen molar-refractivity contribution in [2.24, 2.45) is 0 Å². The molecule has 0 atom stereocenters. The van der Waals surface area contributed by atoms with E-state index < -0.39 is 0 Å². The molecule has 22 heavy (non-hydrogen) atoms. The van der Waals surface area contributed by atoms with Crippen molar-refractivity contribution in [3.05, 3.63) is 23.2 Å². The summed E-state index contributed by atoms with van der Waals surface area (Å²) in [5.41, 5.74) is 0.888. The van der Waals surface area contributed by atoms with Gasteiger partial charge in [-0.1, -0.05) is 11.6 Å². The Morgan fingerprint density at radius 1 is 1.45 bits per heavy atom. The van der Waals surface area contributed by atoms with Gasteiger partial charge in [-0.25, -0.2) is 0 Å². The van der Waals surface area contributed by atoms with Crippen molar-refractivity contribution < 1.29 is 9.53 Å². The van der Waals surface area contributed by atoms with Crippen LogP contribution >= 0.6 is 36.4 Å². The summed E-state index contributed by atoms with van der Waals surface area (Å²) in [6.07, 6.45) is 0. The highest BCUT2D eigenvalue weighted by molar-refractivity contribution is 6.31. The number of hydrogen-bond acceptors (Lipinski definition) is 4. The zero-order chi connectivity index (χ0) is 14.5. The van der Waals surface area contributed by atoms with E-state index in [9.17, 15) is 4.79 Å². The number of amides is 1. The summed E-state index contributed by atoms with van der Waals surface area (Å²) < 4.78 is 5.58. The third-order valence-corrected chi connectivity index (χ3v) is 3.56. The molecule has 1 N–H and O–H groups in total. The van der Waals surface area contributed by atoms with Gasteiger partial charge < -0.3 is 19.9 Å². The highest BCUT2D eigenvalue weighted by Gasteiger charge is 2.21. The van der Waals surface area contributed by atoms with Crippen LogP contribution < -0.4 is 15.0 Å². The summed E-state index contributed by atoms with van der Waals surface area (Å²) >= 11 is 6.02. The normalized spacial score (nSPS) is 12.4. The molecular weight excluding hydrogens is 349 g/mol. The molecule has 1 aliphatic rings. The molecule has 2 rings (SSSR count). The molecule has 0 radical (unpaired) electrons. The molecule has 5 nitrogen and oxygen atoms in total. The van der Waals surface area contributed by atoms with Crippen molar-refractivity contribution in [1.82, 2.24) is 10.2 Å². The largest absolute Gasteiger partial charge is 0.490 e. The number of fused-ring (bicyclic) bond motifs is 1. The molecule has 1 aromatic rings. The molecule has 8 heteroatoms. The van der Waals surface area contributed by atoms with Crippen LogP contribution in [0.1, 0.15) is 0 Å². The van der Waals surface area contributed by atoms with Crippen molar-refractivity contribution >= 4 is 48.0 Å². The Hall–Kier alpha value is -0.880. The number of carbonyl (C=O) groups is 1. The summed E-state index contributed by atoms with van der Waals surface area (Å²) in [7, 11) is 3.69. The van der Waals surface area contributed by atoms with E-state index in [1.807, 2.05) is 31.1 Å². The van der Waals surface area contributed by atoms with Crippen molar-refractivity contribution in [2.75, 3.05) is 51.8 Å². The summed E-state index contributed by atoms with van der Waals surface area (Å²) in [5, 5.41) is 3.68. The van der Waals surface area contributed by atoms with Crippen molar-refractivity contribution in [3.8, 4) is 5.75 Å². The van der Waals surface area contributed by atoms with Gasteiger partial charge >= 0.3 is 0 Å². The molecule has 0 spiro atoms. The average molecular weight is 371 g/mol. The smallest absolute Gasteiger partial charge is 0.241 e. The molecule has 0 bridgehead atoms. The Balaban J connectivity index is 0.00000220. The first-order valence-electron chi connectivity index (χ1n) is 6.67. The van der Waals surface area contributed by atoms with Gasteiger partial charge in [0.1, 0.15) is 12.4 Å². The third-order valence-electron chi connectivity index (χ3n) is 3.33. The predicted octanol–water partition coefficient (Wildman–Crippen LogP) is 2.06. The topological polar surface area (TPSA) is 44.8 Å². The van der Waals surface area contributed by atoms with Gasteiger partial charge in [0.2, 0.25) is 5.91 Å². The molecule has 1 amide bonds. The lowest BCUT2D eigenvalue weighted by molar-refractivity contribution is -0.128.